The van der Waals surface area contributed by atoms with E-state index in [2.05, 4.69) is 62.9 Å². The van der Waals surface area contributed by atoms with Gasteiger partial charge in [0.05, 0.1) is 0 Å². The Bertz CT molecular complexity index is 1430. The van der Waals surface area contributed by atoms with Crippen molar-refractivity contribution >= 4 is 29.5 Å². The fraction of sp³-hybridized carbons (Fsp3) is 0.528. The minimum atomic E-state index is -1.00. The van der Waals surface area contributed by atoms with Crippen LogP contribution in [0, 0.1) is 12.8 Å². The molecule has 1 amide bonds. The molecule has 1 aliphatic heterocycles. The van der Waals surface area contributed by atoms with Crippen LogP contribution in [0.2, 0.25) is 0 Å². The van der Waals surface area contributed by atoms with E-state index in [1.54, 1.807) is 20.8 Å². The van der Waals surface area contributed by atoms with Crippen molar-refractivity contribution in [1.29, 1.82) is 0 Å². The van der Waals surface area contributed by atoms with E-state index in [1.807, 2.05) is 37.3 Å². The molecule has 1 aromatic carbocycles. The number of ether oxygens (including phenoxy) is 2. The van der Waals surface area contributed by atoms with Crippen LogP contribution >= 0.6 is 0 Å². The van der Waals surface area contributed by atoms with Crippen LogP contribution in [0.3, 0.4) is 0 Å². The lowest BCUT2D eigenvalue weighted by Crippen LogP contribution is -2.48. The molecule has 1 fully saturated rings. The van der Waals surface area contributed by atoms with Crippen LogP contribution in [0.5, 0.6) is 0 Å². The van der Waals surface area contributed by atoms with E-state index < -0.39 is 23.7 Å². The molecule has 47 heavy (non-hydrogen) atoms. The molecule has 1 atom stereocenters. The monoisotopic (exact) mass is 645 g/mol. The number of alkyl carbamates (subject to hydrolysis) is 1. The van der Waals surface area contributed by atoms with E-state index in [4.69, 9.17) is 14.5 Å². The Labute approximate surface area is 279 Å². The second-order valence-electron chi connectivity index (χ2n) is 13.1. The van der Waals surface area contributed by atoms with Gasteiger partial charge in [0.25, 0.3) is 0 Å². The highest BCUT2D eigenvalue weighted by Gasteiger charge is 2.29. The molecule has 1 saturated heterocycles. The lowest BCUT2D eigenvalue weighted by atomic mass is 9.93. The summed E-state index contributed by atoms with van der Waals surface area (Å²) < 4.78 is 11.0. The third kappa shape index (κ3) is 10.8. The Morgan fingerprint density at radius 3 is 2.36 bits per heavy atom. The van der Waals surface area contributed by atoms with Crippen LogP contribution in [0.4, 0.5) is 22.2 Å². The normalized spacial score (nSPS) is 14.4. The predicted octanol–water partition coefficient (Wildman–Crippen LogP) is 6.46. The Kier molecular flexibility index (Phi) is 12.8. The molecule has 2 aromatic heterocycles. The molecule has 3 aromatic rings. The van der Waals surface area contributed by atoms with Crippen LogP contribution in [0.25, 0.3) is 0 Å². The maximum atomic E-state index is 13.1. The number of hydrogen-bond donors (Lipinski definition) is 3. The maximum Gasteiger partial charge on any atom is 0.408 e. The first-order valence-electron chi connectivity index (χ1n) is 16.8. The zero-order valence-corrected chi connectivity index (χ0v) is 28.7. The number of anilines is 3. The van der Waals surface area contributed by atoms with Gasteiger partial charge in [-0.15, -0.1) is 0 Å². The van der Waals surface area contributed by atoms with Gasteiger partial charge in [-0.3, -0.25) is 0 Å². The number of pyridine rings is 1. The van der Waals surface area contributed by atoms with Gasteiger partial charge in [-0.1, -0.05) is 63.1 Å². The highest BCUT2D eigenvalue weighted by atomic mass is 16.6. The molecule has 0 radical (unpaired) electrons. The fourth-order valence-corrected chi connectivity index (χ4v) is 5.60. The van der Waals surface area contributed by atoms with Gasteiger partial charge < -0.3 is 30.3 Å². The van der Waals surface area contributed by atoms with Gasteiger partial charge in [-0.05, 0) is 64.2 Å². The molecule has 0 spiro atoms. The molecule has 254 valence electrons. The number of nitrogens with zero attached hydrogens (tertiary/aromatic N) is 4. The first-order valence-corrected chi connectivity index (χ1v) is 16.8. The number of hydrogen-bond acceptors (Lipinski definition) is 10. The van der Waals surface area contributed by atoms with Gasteiger partial charge in [-0.25, -0.2) is 24.5 Å². The SMILES string of the molecule is CCC(CC)CNc1cccc(C2CCN(c3ncnc(NC[C@H](NC(=O)OCc4ccccc4)C(=O)OC(C)(C)C)c3C)CC2)n1. The summed E-state index contributed by atoms with van der Waals surface area (Å²) in [5.74, 6) is 2.84. The quantitative estimate of drug-likeness (QED) is 0.168. The minimum Gasteiger partial charge on any atom is -0.458 e. The third-order valence-corrected chi connectivity index (χ3v) is 8.44. The molecule has 0 unspecified atom stereocenters. The Hall–Kier alpha value is -4.41. The van der Waals surface area contributed by atoms with Crippen LogP contribution in [-0.4, -0.2) is 64.8 Å². The number of amides is 1. The average Bonchev–Trinajstić information content (AvgIpc) is 3.06. The highest BCUT2D eigenvalue weighted by molar-refractivity contribution is 5.82. The van der Waals surface area contributed by atoms with Crippen molar-refractivity contribution in [3.63, 3.8) is 0 Å². The van der Waals surface area contributed by atoms with Gasteiger partial charge in [0.1, 0.15) is 42.0 Å². The van der Waals surface area contributed by atoms with Crippen molar-refractivity contribution < 1.29 is 19.1 Å². The van der Waals surface area contributed by atoms with E-state index in [0.717, 1.165) is 73.8 Å². The minimum absolute atomic E-state index is 0.0576. The topological polar surface area (TPSA) is 131 Å². The first kappa shape index (κ1) is 35.4. The van der Waals surface area contributed by atoms with Crippen molar-refractivity contribution in [2.45, 2.75) is 91.4 Å². The maximum absolute atomic E-state index is 13.1. The second kappa shape index (κ2) is 16.9. The third-order valence-electron chi connectivity index (χ3n) is 8.44. The fourth-order valence-electron chi connectivity index (χ4n) is 5.60. The van der Waals surface area contributed by atoms with Crippen LogP contribution in [0.15, 0.2) is 54.9 Å². The van der Waals surface area contributed by atoms with Gasteiger partial charge in [0.2, 0.25) is 0 Å². The van der Waals surface area contributed by atoms with Crippen LogP contribution < -0.4 is 20.9 Å². The molecular weight excluding hydrogens is 594 g/mol. The molecule has 1 aliphatic rings. The van der Waals surface area contributed by atoms with Crippen molar-refractivity contribution in [1.82, 2.24) is 20.3 Å². The molecule has 3 N–H and O–H groups in total. The zero-order valence-electron chi connectivity index (χ0n) is 28.7. The number of carbonyl (C=O) groups excluding carboxylic acids is 2. The van der Waals surface area contributed by atoms with Crippen molar-refractivity contribution in [3.05, 3.63) is 71.7 Å². The van der Waals surface area contributed by atoms with Crippen LogP contribution in [-0.2, 0) is 20.9 Å². The Morgan fingerprint density at radius 1 is 0.957 bits per heavy atom. The summed E-state index contributed by atoms with van der Waals surface area (Å²) in [6.07, 6.45) is 5.06. The predicted molar refractivity (Wildman–Crippen MR) is 186 cm³/mol. The van der Waals surface area contributed by atoms with E-state index >= 15 is 0 Å². The second-order valence-corrected chi connectivity index (χ2v) is 13.1. The van der Waals surface area contributed by atoms with E-state index in [-0.39, 0.29) is 13.2 Å². The molecule has 0 aliphatic carbocycles. The molecule has 3 heterocycles. The van der Waals surface area contributed by atoms with Gasteiger partial charge in [0, 0.05) is 43.4 Å². The Balaban J connectivity index is 1.36. The molecular formula is C36H51N7O4. The van der Waals surface area contributed by atoms with Gasteiger partial charge in [-0.2, -0.15) is 0 Å². The Morgan fingerprint density at radius 2 is 1.68 bits per heavy atom. The summed E-state index contributed by atoms with van der Waals surface area (Å²) in [6, 6.07) is 14.6. The molecule has 0 saturated carbocycles. The number of nitrogens with one attached hydrogen (secondary N) is 3. The number of carbonyl (C=O) groups is 2. The van der Waals surface area contributed by atoms with E-state index in [0.29, 0.717) is 17.7 Å². The van der Waals surface area contributed by atoms with Crippen molar-refractivity contribution in [2.24, 2.45) is 5.92 Å². The van der Waals surface area contributed by atoms with Crippen LogP contribution in [0.1, 0.15) is 83.0 Å². The van der Waals surface area contributed by atoms with Gasteiger partial charge in [0.15, 0.2) is 0 Å². The molecule has 11 nitrogen and oxygen atoms in total. The lowest BCUT2D eigenvalue weighted by Gasteiger charge is -2.33. The van der Waals surface area contributed by atoms with Crippen molar-refractivity contribution in [3.8, 4) is 0 Å². The number of rotatable bonds is 14. The summed E-state index contributed by atoms with van der Waals surface area (Å²) in [5.41, 5.74) is 2.11. The van der Waals surface area contributed by atoms with Gasteiger partial charge >= 0.3 is 12.1 Å². The van der Waals surface area contributed by atoms with E-state index in [9.17, 15) is 9.59 Å². The molecule has 11 heteroatoms. The number of aromatic nitrogens is 3. The average molecular weight is 646 g/mol. The number of esters is 1. The highest BCUT2D eigenvalue weighted by Crippen LogP contribution is 2.32. The zero-order chi connectivity index (χ0) is 33.8. The largest absolute Gasteiger partial charge is 0.458 e. The summed E-state index contributed by atoms with van der Waals surface area (Å²) in [7, 11) is 0. The lowest BCUT2D eigenvalue weighted by molar-refractivity contribution is -0.156. The molecule has 0 bridgehead atoms. The summed E-state index contributed by atoms with van der Waals surface area (Å²) >= 11 is 0. The molecule has 4 rings (SSSR count). The summed E-state index contributed by atoms with van der Waals surface area (Å²) in [4.78, 5) is 42.0. The van der Waals surface area contributed by atoms with Crippen molar-refractivity contribution in [2.75, 3.05) is 41.7 Å². The smallest absolute Gasteiger partial charge is 0.408 e. The summed E-state index contributed by atoms with van der Waals surface area (Å²) in [6.45, 7) is 14.5. The standard InChI is InChI=1S/C36H51N7O4/c1-7-26(8-2)21-37-31-16-12-15-29(41-31)28-17-19-43(20-18-28)33-25(3)32(39-24-40-33)38-22-30(34(44)47-36(4,5)6)42-35(45)46-23-27-13-10-9-11-14-27/h9-16,24,26,28,30H,7-8,17-23H2,1-6H3,(H,37,41)(H,42,45)(H,38,39,40)/t30-/m0/s1. The van der Waals surface area contributed by atoms with E-state index in [1.165, 1.54) is 6.33 Å². The number of benzene rings is 1. The number of piperidine rings is 1. The summed E-state index contributed by atoms with van der Waals surface area (Å²) in [5, 5.41) is 9.43. The first-order chi connectivity index (χ1) is 22.6.